The van der Waals surface area contributed by atoms with Gasteiger partial charge in [0.1, 0.15) is 0 Å². The maximum atomic E-state index is 11.6. The summed E-state index contributed by atoms with van der Waals surface area (Å²) in [5, 5.41) is 3.26. The van der Waals surface area contributed by atoms with Gasteiger partial charge in [0.05, 0.1) is 13.0 Å². The van der Waals surface area contributed by atoms with Gasteiger partial charge in [-0.1, -0.05) is 24.3 Å². The zero-order chi connectivity index (χ0) is 11.5. The maximum absolute atomic E-state index is 11.6. The van der Waals surface area contributed by atoms with Crippen molar-refractivity contribution in [2.45, 2.75) is 12.8 Å². The summed E-state index contributed by atoms with van der Waals surface area (Å²) in [6.45, 7) is 3.65. The maximum Gasteiger partial charge on any atom is 0.310 e. The molecule has 0 unspecified atom stereocenters. The Morgan fingerprint density at radius 2 is 2.12 bits per heavy atom. The van der Waals surface area contributed by atoms with Crippen LogP contribution in [0.5, 0.6) is 0 Å². The van der Waals surface area contributed by atoms with Crippen LogP contribution >= 0.6 is 0 Å². The molecule has 1 aromatic carbocycles. The lowest BCUT2D eigenvalue weighted by atomic mass is 9.86. The molecule has 1 N–H and O–H groups in total. The molecular weight excluding hydrogens is 202 g/mol. The first-order valence-corrected chi connectivity index (χ1v) is 5.58. The highest BCUT2D eigenvalue weighted by Gasteiger charge is 2.35. The zero-order valence-electron chi connectivity index (χ0n) is 9.69. The summed E-state index contributed by atoms with van der Waals surface area (Å²) < 4.78 is 4.85. The van der Waals surface area contributed by atoms with Gasteiger partial charge in [-0.15, -0.1) is 0 Å². The first-order chi connectivity index (χ1) is 7.74. The Labute approximate surface area is 95.8 Å². The van der Waals surface area contributed by atoms with Gasteiger partial charge in [0.2, 0.25) is 0 Å². The molecule has 1 heterocycles. The van der Waals surface area contributed by atoms with Crippen molar-refractivity contribution in [2.75, 3.05) is 20.2 Å². The number of carbonyl (C=O) groups excluding carboxylic acids is 1. The summed E-state index contributed by atoms with van der Waals surface area (Å²) >= 11 is 0. The fraction of sp³-hybridized carbons (Fsp3) is 0.462. The van der Waals surface area contributed by atoms with E-state index < -0.39 is 0 Å². The molecule has 16 heavy (non-hydrogen) atoms. The Morgan fingerprint density at radius 3 is 2.81 bits per heavy atom. The Hall–Kier alpha value is -1.35. The van der Waals surface area contributed by atoms with Gasteiger partial charge in [-0.25, -0.2) is 0 Å². The fourth-order valence-electron chi connectivity index (χ4n) is 2.41. The molecule has 1 aliphatic heterocycles. The molecule has 0 amide bonds. The van der Waals surface area contributed by atoms with Gasteiger partial charge >= 0.3 is 5.97 Å². The number of ether oxygens (including phenoxy) is 1. The summed E-state index contributed by atoms with van der Waals surface area (Å²) in [5.74, 6) is 0.0815. The lowest BCUT2D eigenvalue weighted by molar-refractivity contribution is -0.145. The molecule has 1 aliphatic rings. The zero-order valence-corrected chi connectivity index (χ0v) is 9.69. The molecule has 1 fully saturated rings. The summed E-state index contributed by atoms with van der Waals surface area (Å²) in [6.07, 6.45) is 0. The topological polar surface area (TPSA) is 38.3 Å². The van der Waals surface area contributed by atoms with Crippen LogP contribution in [0.25, 0.3) is 0 Å². The normalized spacial score (nSPS) is 24.4. The van der Waals surface area contributed by atoms with E-state index in [9.17, 15) is 4.79 Å². The Kier molecular flexibility index (Phi) is 3.25. The van der Waals surface area contributed by atoms with Gasteiger partial charge < -0.3 is 10.1 Å². The van der Waals surface area contributed by atoms with Gasteiger partial charge in [0.25, 0.3) is 0 Å². The number of carbonyl (C=O) groups is 1. The second kappa shape index (κ2) is 4.66. The third-order valence-corrected chi connectivity index (χ3v) is 3.31. The van der Waals surface area contributed by atoms with Crippen LogP contribution in [0.15, 0.2) is 24.3 Å². The van der Waals surface area contributed by atoms with Crippen molar-refractivity contribution in [3.05, 3.63) is 35.4 Å². The molecule has 2 atom stereocenters. The van der Waals surface area contributed by atoms with Gasteiger partial charge in [-0.3, -0.25) is 4.79 Å². The number of nitrogens with one attached hydrogen (secondary N) is 1. The second-order valence-electron chi connectivity index (χ2n) is 4.25. The van der Waals surface area contributed by atoms with Crippen LogP contribution in [-0.2, 0) is 9.53 Å². The monoisotopic (exact) mass is 219 g/mol. The lowest BCUT2D eigenvalue weighted by Gasteiger charge is -2.18. The molecule has 3 heteroatoms. The van der Waals surface area contributed by atoms with E-state index in [4.69, 9.17) is 4.74 Å². The molecule has 0 spiro atoms. The minimum atomic E-state index is -0.113. The lowest BCUT2D eigenvalue weighted by Crippen LogP contribution is -2.23. The summed E-state index contributed by atoms with van der Waals surface area (Å²) in [7, 11) is 1.45. The van der Waals surface area contributed by atoms with Gasteiger partial charge in [-0.05, 0) is 18.1 Å². The predicted octanol–water partition coefficient (Wildman–Crippen LogP) is 1.47. The number of hydrogen-bond donors (Lipinski definition) is 1. The Balaban J connectivity index is 2.27. The molecule has 1 saturated heterocycles. The van der Waals surface area contributed by atoms with Crippen LogP contribution in [0, 0.1) is 12.8 Å². The van der Waals surface area contributed by atoms with Crippen molar-refractivity contribution in [1.82, 2.24) is 5.32 Å². The van der Waals surface area contributed by atoms with Crippen LogP contribution in [-0.4, -0.2) is 26.2 Å². The van der Waals surface area contributed by atoms with Crippen molar-refractivity contribution in [2.24, 2.45) is 5.92 Å². The molecule has 1 aromatic rings. The van der Waals surface area contributed by atoms with Crippen LogP contribution < -0.4 is 5.32 Å². The van der Waals surface area contributed by atoms with E-state index >= 15 is 0 Å². The van der Waals surface area contributed by atoms with Gasteiger partial charge in [0, 0.05) is 19.0 Å². The standard InChI is InChI=1S/C13H17NO2/c1-9-5-3-4-6-10(9)11-7-14-8-12(11)13(15)16-2/h3-6,11-12,14H,7-8H2,1-2H3/t11-,12-/m0/s1. The van der Waals surface area contributed by atoms with Crippen LogP contribution in [0.3, 0.4) is 0 Å². The number of hydrogen-bond acceptors (Lipinski definition) is 3. The smallest absolute Gasteiger partial charge is 0.310 e. The first kappa shape index (κ1) is 11.1. The van der Waals surface area contributed by atoms with E-state index in [1.54, 1.807) is 0 Å². The van der Waals surface area contributed by atoms with Crippen LogP contribution in [0.2, 0.25) is 0 Å². The quantitative estimate of drug-likeness (QED) is 0.765. The summed E-state index contributed by atoms with van der Waals surface area (Å²) in [6, 6.07) is 8.23. The van der Waals surface area contributed by atoms with E-state index in [0.29, 0.717) is 6.54 Å². The first-order valence-electron chi connectivity index (χ1n) is 5.58. The van der Waals surface area contributed by atoms with Gasteiger partial charge in [-0.2, -0.15) is 0 Å². The van der Waals surface area contributed by atoms with E-state index in [0.717, 1.165) is 6.54 Å². The van der Waals surface area contributed by atoms with E-state index in [2.05, 4.69) is 24.4 Å². The fourth-order valence-corrected chi connectivity index (χ4v) is 2.41. The minimum Gasteiger partial charge on any atom is -0.469 e. The minimum absolute atomic E-state index is 0.0499. The summed E-state index contributed by atoms with van der Waals surface area (Å²) in [5.41, 5.74) is 2.49. The highest BCUT2D eigenvalue weighted by Crippen LogP contribution is 2.30. The molecule has 2 rings (SSSR count). The second-order valence-corrected chi connectivity index (χ2v) is 4.25. The number of rotatable bonds is 2. The summed E-state index contributed by atoms with van der Waals surface area (Å²) in [4.78, 5) is 11.6. The largest absolute Gasteiger partial charge is 0.469 e. The Bertz CT molecular complexity index is 389. The molecule has 0 radical (unpaired) electrons. The van der Waals surface area contributed by atoms with Crippen molar-refractivity contribution in [3.63, 3.8) is 0 Å². The van der Waals surface area contributed by atoms with E-state index in [1.165, 1.54) is 18.2 Å². The van der Waals surface area contributed by atoms with Crippen molar-refractivity contribution < 1.29 is 9.53 Å². The van der Waals surface area contributed by atoms with E-state index in [-0.39, 0.29) is 17.8 Å². The molecular formula is C13H17NO2. The average Bonchev–Trinajstić information content (AvgIpc) is 2.77. The van der Waals surface area contributed by atoms with Crippen LogP contribution in [0.1, 0.15) is 17.0 Å². The molecule has 0 aromatic heterocycles. The Morgan fingerprint density at radius 1 is 1.38 bits per heavy atom. The number of esters is 1. The number of benzene rings is 1. The van der Waals surface area contributed by atoms with Crippen molar-refractivity contribution >= 4 is 5.97 Å². The van der Waals surface area contributed by atoms with Crippen LogP contribution in [0.4, 0.5) is 0 Å². The third-order valence-electron chi connectivity index (χ3n) is 3.31. The predicted molar refractivity (Wildman–Crippen MR) is 62.3 cm³/mol. The molecule has 0 saturated carbocycles. The average molecular weight is 219 g/mol. The molecule has 0 bridgehead atoms. The molecule has 86 valence electrons. The van der Waals surface area contributed by atoms with Crippen molar-refractivity contribution in [1.29, 1.82) is 0 Å². The molecule has 0 aliphatic carbocycles. The SMILES string of the molecule is COC(=O)[C@H]1CNC[C@H]1c1ccccc1C. The highest BCUT2D eigenvalue weighted by atomic mass is 16.5. The number of aryl methyl sites for hydroxylation is 1. The van der Waals surface area contributed by atoms with Crippen molar-refractivity contribution in [3.8, 4) is 0 Å². The highest BCUT2D eigenvalue weighted by molar-refractivity contribution is 5.74. The third kappa shape index (κ3) is 1.95. The molecule has 3 nitrogen and oxygen atoms in total. The number of methoxy groups -OCH3 is 1. The van der Waals surface area contributed by atoms with Gasteiger partial charge in [0.15, 0.2) is 0 Å². The van der Waals surface area contributed by atoms with E-state index in [1.807, 2.05) is 12.1 Å².